The van der Waals surface area contributed by atoms with E-state index < -0.39 is 6.04 Å². The van der Waals surface area contributed by atoms with Crippen molar-refractivity contribution in [3.8, 4) is 0 Å². The SMILES string of the molecule is CC(=O)N1C[C@H]2C[C@@H](C1)[C@H](C(=O)NCc1cc(=O)[nH]cn1)n1c2cccc1=O. The number of amides is 2. The van der Waals surface area contributed by atoms with Gasteiger partial charge in [0.2, 0.25) is 11.8 Å². The third kappa shape index (κ3) is 3.23. The predicted octanol–water partition coefficient (Wildman–Crippen LogP) is -0.245. The highest BCUT2D eigenvalue weighted by Crippen LogP contribution is 2.41. The number of carbonyl (C=O) groups is 2. The van der Waals surface area contributed by atoms with Gasteiger partial charge in [-0.05, 0) is 12.5 Å². The summed E-state index contributed by atoms with van der Waals surface area (Å²) in [6.45, 7) is 2.60. The van der Waals surface area contributed by atoms with Crippen LogP contribution in [-0.2, 0) is 16.1 Å². The van der Waals surface area contributed by atoms with Crippen molar-refractivity contribution in [2.24, 2.45) is 5.92 Å². The second kappa shape index (κ2) is 7.06. The Morgan fingerprint density at radius 1 is 1.29 bits per heavy atom. The van der Waals surface area contributed by atoms with E-state index in [4.69, 9.17) is 0 Å². The summed E-state index contributed by atoms with van der Waals surface area (Å²) in [6.07, 6.45) is 2.02. The summed E-state index contributed by atoms with van der Waals surface area (Å²) in [5.74, 6) is -0.462. The average molecular weight is 383 g/mol. The molecule has 2 bridgehead atoms. The van der Waals surface area contributed by atoms with E-state index in [1.165, 1.54) is 25.4 Å². The van der Waals surface area contributed by atoms with Gasteiger partial charge in [0.05, 0.1) is 18.6 Å². The van der Waals surface area contributed by atoms with Crippen molar-refractivity contribution in [3.63, 3.8) is 0 Å². The molecular formula is C19H21N5O4. The molecule has 2 N–H and O–H groups in total. The third-order valence-corrected chi connectivity index (χ3v) is 5.54. The summed E-state index contributed by atoms with van der Waals surface area (Å²) in [5, 5.41) is 2.79. The van der Waals surface area contributed by atoms with Crippen LogP contribution in [0.3, 0.4) is 0 Å². The minimum atomic E-state index is -0.705. The van der Waals surface area contributed by atoms with Crippen molar-refractivity contribution >= 4 is 11.8 Å². The molecular weight excluding hydrogens is 362 g/mol. The van der Waals surface area contributed by atoms with Gasteiger partial charge in [0, 0.05) is 49.7 Å². The van der Waals surface area contributed by atoms with Crippen LogP contribution in [0, 0.1) is 5.92 Å². The van der Waals surface area contributed by atoms with Crippen molar-refractivity contribution < 1.29 is 9.59 Å². The third-order valence-electron chi connectivity index (χ3n) is 5.54. The monoisotopic (exact) mass is 383 g/mol. The Bertz CT molecular complexity index is 1040. The lowest BCUT2D eigenvalue weighted by atomic mass is 9.78. The molecule has 3 atom stereocenters. The van der Waals surface area contributed by atoms with Gasteiger partial charge in [-0.15, -0.1) is 0 Å². The minimum Gasteiger partial charge on any atom is -0.349 e. The maximum absolute atomic E-state index is 13.1. The van der Waals surface area contributed by atoms with Crippen LogP contribution in [0.5, 0.6) is 0 Å². The Morgan fingerprint density at radius 2 is 2.11 bits per heavy atom. The summed E-state index contributed by atoms with van der Waals surface area (Å²) >= 11 is 0. The summed E-state index contributed by atoms with van der Waals surface area (Å²) < 4.78 is 1.57. The Hall–Kier alpha value is -3.23. The second-order valence-electron chi connectivity index (χ2n) is 7.34. The van der Waals surface area contributed by atoms with Crippen LogP contribution in [0.4, 0.5) is 0 Å². The first-order valence-corrected chi connectivity index (χ1v) is 9.22. The smallest absolute Gasteiger partial charge is 0.251 e. The van der Waals surface area contributed by atoms with Crippen LogP contribution in [0.1, 0.15) is 36.7 Å². The van der Waals surface area contributed by atoms with Crippen LogP contribution in [0.15, 0.2) is 40.2 Å². The number of pyridine rings is 1. The van der Waals surface area contributed by atoms with E-state index in [0.29, 0.717) is 18.8 Å². The van der Waals surface area contributed by atoms with Gasteiger partial charge in [-0.1, -0.05) is 6.07 Å². The van der Waals surface area contributed by atoms with Crippen LogP contribution in [0.2, 0.25) is 0 Å². The van der Waals surface area contributed by atoms with Crippen molar-refractivity contribution in [1.29, 1.82) is 0 Å². The van der Waals surface area contributed by atoms with Gasteiger partial charge >= 0.3 is 0 Å². The number of aromatic amines is 1. The molecule has 2 aliphatic rings. The van der Waals surface area contributed by atoms with E-state index in [9.17, 15) is 19.2 Å². The van der Waals surface area contributed by atoms with E-state index in [1.54, 1.807) is 15.5 Å². The quantitative estimate of drug-likeness (QED) is 0.758. The van der Waals surface area contributed by atoms with Crippen LogP contribution >= 0.6 is 0 Å². The number of aromatic nitrogens is 3. The van der Waals surface area contributed by atoms with Crippen molar-refractivity contribution in [2.45, 2.75) is 31.8 Å². The molecule has 0 aromatic carbocycles. The number of hydrogen-bond donors (Lipinski definition) is 2. The molecule has 4 heterocycles. The first-order valence-electron chi connectivity index (χ1n) is 9.22. The number of piperidine rings is 1. The minimum absolute atomic E-state index is 0.0340. The number of likely N-dealkylation sites (tertiary alicyclic amines) is 1. The lowest BCUT2D eigenvalue weighted by Crippen LogP contribution is -2.54. The highest BCUT2D eigenvalue weighted by atomic mass is 16.2. The maximum atomic E-state index is 13.1. The Labute approximate surface area is 160 Å². The molecule has 2 aromatic rings. The Morgan fingerprint density at radius 3 is 2.86 bits per heavy atom. The van der Waals surface area contributed by atoms with E-state index in [1.807, 2.05) is 6.07 Å². The molecule has 0 spiro atoms. The van der Waals surface area contributed by atoms with Crippen molar-refractivity contribution in [3.05, 3.63) is 62.7 Å². The summed E-state index contributed by atoms with van der Waals surface area (Å²) in [4.78, 5) is 57.2. The standard InChI is InChI=1S/C19H21N5O4/c1-11(25)23-8-12-5-13(9-23)18(24-15(12)3-2-4-17(24)27)19(28)20-7-14-6-16(26)22-10-21-14/h2-4,6,10,12-13,18H,5,7-9H2,1H3,(H,20,28)(H,21,22,26)/t12-,13+,18-/m1/s1. The van der Waals surface area contributed by atoms with E-state index in [0.717, 1.165) is 12.1 Å². The van der Waals surface area contributed by atoms with Gasteiger partial charge in [0.25, 0.3) is 11.1 Å². The molecule has 1 fully saturated rings. The zero-order chi connectivity index (χ0) is 19.8. The zero-order valence-corrected chi connectivity index (χ0v) is 15.4. The number of nitrogens with one attached hydrogen (secondary N) is 2. The largest absolute Gasteiger partial charge is 0.349 e. The molecule has 0 saturated carbocycles. The van der Waals surface area contributed by atoms with Crippen LogP contribution < -0.4 is 16.4 Å². The number of H-pyrrole nitrogens is 1. The first-order chi connectivity index (χ1) is 13.4. The molecule has 2 aromatic heterocycles. The van der Waals surface area contributed by atoms with Gasteiger partial charge in [-0.2, -0.15) is 0 Å². The number of fused-ring (bicyclic) bond motifs is 4. The molecule has 1 saturated heterocycles. The van der Waals surface area contributed by atoms with E-state index in [-0.39, 0.29) is 41.3 Å². The topological polar surface area (TPSA) is 117 Å². The lowest BCUT2D eigenvalue weighted by molar-refractivity contribution is -0.135. The molecule has 0 unspecified atom stereocenters. The maximum Gasteiger partial charge on any atom is 0.251 e. The molecule has 4 rings (SSSR count). The van der Waals surface area contributed by atoms with Gasteiger partial charge in [0.15, 0.2) is 0 Å². The van der Waals surface area contributed by atoms with E-state index >= 15 is 0 Å². The predicted molar refractivity (Wildman–Crippen MR) is 99.5 cm³/mol. The molecule has 2 aliphatic heterocycles. The lowest BCUT2D eigenvalue weighted by Gasteiger charge is -2.46. The molecule has 0 radical (unpaired) electrons. The van der Waals surface area contributed by atoms with Gasteiger partial charge < -0.3 is 15.2 Å². The fourth-order valence-electron chi connectivity index (χ4n) is 4.32. The molecule has 9 heteroatoms. The van der Waals surface area contributed by atoms with Gasteiger partial charge in [-0.3, -0.25) is 23.7 Å². The highest BCUT2D eigenvalue weighted by Gasteiger charge is 2.44. The van der Waals surface area contributed by atoms with Crippen LogP contribution in [-0.4, -0.2) is 44.3 Å². The molecule has 146 valence electrons. The number of carbonyl (C=O) groups excluding carboxylic acids is 2. The molecule has 28 heavy (non-hydrogen) atoms. The van der Waals surface area contributed by atoms with Crippen molar-refractivity contribution in [2.75, 3.05) is 13.1 Å². The fourth-order valence-corrected chi connectivity index (χ4v) is 4.32. The second-order valence-corrected chi connectivity index (χ2v) is 7.34. The highest BCUT2D eigenvalue weighted by molar-refractivity contribution is 5.81. The first kappa shape index (κ1) is 18.1. The zero-order valence-electron chi connectivity index (χ0n) is 15.4. The van der Waals surface area contributed by atoms with Gasteiger partial charge in [-0.25, -0.2) is 4.98 Å². The Balaban J connectivity index is 1.65. The molecule has 0 aliphatic carbocycles. The normalized spacial score (nSPS) is 23.0. The van der Waals surface area contributed by atoms with E-state index in [2.05, 4.69) is 15.3 Å². The summed E-state index contributed by atoms with van der Waals surface area (Å²) in [5.41, 5.74) is 0.688. The average Bonchev–Trinajstić information content (AvgIpc) is 2.67. The fraction of sp³-hybridized carbons (Fsp3) is 0.421. The van der Waals surface area contributed by atoms with Crippen molar-refractivity contribution in [1.82, 2.24) is 24.8 Å². The Kier molecular flexibility index (Phi) is 4.58. The van der Waals surface area contributed by atoms with Gasteiger partial charge in [0.1, 0.15) is 6.04 Å². The van der Waals surface area contributed by atoms with Crippen LogP contribution in [0.25, 0.3) is 0 Å². The molecule has 9 nitrogen and oxygen atoms in total. The summed E-state index contributed by atoms with van der Waals surface area (Å²) in [6, 6.07) is 5.60. The summed E-state index contributed by atoms with van der Waals surface area (Å²) in [7, 11) is 0. The number of nitrogens with zero attached hydrogens (tertiary/aromatic N) is 3. The number of rotatable bonds is 3. The molecule has 2 amide bonds. The number of hydrogen-bond acceptors (Lipinski definition) is 5.